The third-order valence-electron chi connectivity index (χ3n) is 3.92. The van der Waals surface area contributed by atoms with Crippen molar-refractivity contribution < 1.29 is 14.3 Å². The monoisotopic (exact) mass is 344 g/mol. The fourth-order valence-electron chi connectivity index (χ4n) is 2.55. The number of benzene rings is 3. The van der Waals surface area contributed by atoms with E-state index >= 15 is 0 Å². The highest BCUT2D eigenvalue weighted by molar-refractivity contribution is 5.68. The predicted molar refractivity (Wildman–Crippen MR) is 103 cm³/mol. The molecule has 26 heavy (non-hydrogen) atoms. The average molecular weight is 344 g/mol. The standard InChI is InChI=1S/C23H20O3/c1-2-3-7-18-10-14-21(15-11-18)25-23(24)26-22-16-12-20(13-17-22)19-8-5-4-6-9-19/h2,4-6,8-17H,1,3,7H2. The van der Waals surface area contributed by atoms with Gasteiger partial charge in [-0.2, -0.15) is 0 Å². The van der Waals surface area contributed by atoms with Gasteiger partial charge in [0.1, 0.15) is 11.5 Å². The highest BCUT2D eigenvalue weighted by atomic mass is 16.7. The van der Waals surface area contributed by atoms with E-state index in [4.69, 9.17) is 9.47 Å². The lowest BCUT2D eigenvalue weighted by atomic mass is 10.1. The second kappa shape index (κ2) is 8.67. The summed E-state index contributed by atoms with van der Waals surface area (Å²) in [5.74, 6) is 0.899. The Morgan fingerprint density at radius 1 is 0.769 bits per heavy atom. The molecule has 0 atom stereocenters. The van der Waals surface area contributed by atoms with Crippen LogP contribution in [0, 0.1) is 0 Å². The summed E-state index contributed by atoms with van der Waals surface area (Å²) >= 11 is 0. The average Bonchev–Trinajstić information content (AvgIpc) is 2.69. The van der Waals surface area contributed by atoms with Crippen molar-refractivity contribution in [3.63, 3.8) is 0 Å². The Labute approximate surface area is 153 Å². The van der Waals surface area contributed by atoms with Gasteiger partial charge in [0.2, 0.25) is 0 Å². The van der Waals surface area contributed by atoms with E-state index in [9.17, 15) is 4.79 Å². The molecule has 0 amide bonds. The van der Waals surface area contributed by atoms with Crippen LogP contribution in [0.15, 0.2) is 91.5 Å². The lowest BCUT2D eigenvalue weighted by Crippen LogP contribution is -2.13. The zero-order valence-corrected chi connectivity index (χ0v) is 14.4. The molecule has 3 aromatic rings. The Bertz CT molecular complexity index is 850. The second-order valence-electron chi connectivity index (χ2n) is 5.82. The molecule has 0 N–H and O–H groups in total. The van der Waals surface area contributed by atoms with Crippen molar-refractivity contribution in [2.75, 3.05) is 0 Å². The molecule has 3 heteroatoms. The maximum Gasteiger partial charge on any atom is 0.519 e. The Morgan fingerprint density at radius 2 is 1.31 bits per heavy atom. The molecule has 130 valence electrons. The fourth-order valence-corrected chi connectivity index (χ4v) is 2.55. The first-order valence-electron chi connectivity index (χ1n) is 8.49. The Balaban J connectivity index is 1.57. The molecule has 3 rings (SSSR count). The zero-order chi connectivity index (χ0) is 18.2. The van der Waals surface area contributed by atoms with Crippen LogP contribution >= 0.6 is 0 Å². The third-order valence-corrected chi connectivity index (χ3v) is 3.92. The quantitative estimate of drug-likeness (QED) is 0.310. The summed E-state index contributed by atoms with van der Waals surface area (Å²) in [4.78, 5) is 11.9. The SMILES string of the molecule is C=CCCc1ccc(OC(=O)Oc2ccc(-c3ccccc3)cc2)cc1. The number of allylic oxidation sites excluding steroid dienone is 1. The molecule has 0 bridgehead atoms. The number of rotatable bonds is 6. The van der Waals surface area contributed by atoms with E-state index in [0.717, 1.165) is 24.0 Å². The molecule has 0 saturated heterocycles. The summed E-state index contributed by atoms with van der Waals surface area (Å²) in [5, 5.41) is 0. The minimum atomic E-state index is -0.753. The normalized spacial score (nSPS) is 10.2. The van der Waals surface area contributed by atoms with E-state index in [0.29, 0.717) is 11.5 Å². The maximum atomic E-state index is 11.9. The fraction of sp³-hybridized carbons (Fsp3) is 0.0870. The number of hydrogen-bond donors (Lipinski definition) is 0. The van der Waals surface area contributed by atoms with Crippen LogP contribution in [0.2, 0.25) is 0 Å². The van der Waals surface area contributed by atoms with Gasteiger partial charge in [-0.1, -0.05) is 60.7 Å². The summed E-state index contributed by atoms with van der Waals surface area (Å²) in [6, 6.07) is 24.7. The van der Waals surface area contributed by atoms with Gasteiger partial charge in [0.05, 0.1) is 0 Å². The number of ether oxygens (including phenoxy) is 2. The topological polar surface area (TPSA) is 35.5 Å². The van der Waals surface area contributed by atoms with Crippen molar-refractivity contribution in [2.45, 2.75) is 12.8 Å². The molecule has 0 aliphatic rings. The summed E-state index contributed by atoms with van der Waals surface area (Å²) in [7, 11) is 0. The smallest absolute Gasteiger partial charge is 0.395 e. The molecular weight excluding hydrogens is 324 g/mol. The van der Waals surface area contributed by atoms with Gasteiger partial charge >= 0.3 is 6.16 Å². The highest BCUT2D eigenvalue weighted by Crippen LogP contribution is 2.22. The van der Waals surface area contributed by atoms with Crippen molar-refractivity contribution in [2.24, 2.45) is 0 Å². The molecule has 0 aromatic heterocycles. The van der Waals surface area contributed by atoms with Gasteiger partial charge in [-0.25, -0.2) is 4.79 Å². The van der Waals surface area contributed by atoms with Crippen LogP contribution in [-0.4, -0.2) is 6.16 Å². The Hall–Kier alpha value is -3.33. The summed E-state index contributed by atoms with van der Waals surface area (Å²) in [6.07, 6.45) is 2.96. The minimum Gasteiger partial charge on any atom is -0.395 e. The molecule has 0 fully saturated rings. The van der Waals surface area contributed by atoms with Gasteiger partial charge < -0.3 is 9.47 Å². The van der Waals surface area contributed by atoms with Crippen molar-refractivity contribution in [1.82, 2.24) is 0 Å². The molecular formula is C23H20O3. The molecule has 0 aliphatic heterocycles. The van der Waals surface area contributed by atoms with E-state index in [1.54, 1.807) is 24.3 Å². The van der Waals surface area contributed by atoms with Gasteiger partial charge in [0.15, 0.2) is 0 Å². The van der Waals surface area contributed by atoms with E-state index in [2.05, 4.69) is 6.58 Å². The minimum absolute atomic E-state index is 0.442. The van der Waals surface area contributed by atoms with E-state index in [1.807, 2.05) is 60.7 Å². The lowest BCUT2D eigenvalue weighted by molar-refractivity contribution is 0.152. The predicted octanol–water partition coefficient (Wildman–Crippen LogP) is 6.05. The van der Waals surface area contributed by atoms with E-state index in [1.165, 1.54) is 5.56 Å². The van der Waals surface area contributed by atoms with Gasteiger partial charge in [0.25, 0.3) is 0 Å². The van der Waals surface area contributed by atoms with Gasteiger partial charge in [0, 0.05) is 0 Å². The number of aryl methyl sites for hydroxylation is 1. The first-order valence-corrected chi connectivity index (χ1v) is 8.49. The summed E-state index contributed by atoms with van der Waals surface area (Å²) in [6.45, 7) is 3.71. The van der Waals surface area contributed by atoms with E-state index in [-0.39, 0.29) is 0 Å². The Kier molecular flexibility index (Phi) is 5.84. The van der Waals surface area contributed by atoms with Crippen molar-refractivity contribution in [1.29, 1.82) is 0 Å². The highest BCUT2D eigenvalue weighted by Gasteiger charge is 2.08. The Morgan fingerprint density at radius 3 is 1.88 bits per heavy atom. The van der Waals surface area contributed by atoms with Crippen LogP contribution in [0.5, 0.6) is 11.5 Å². The van der Waals surface area contributed by atoms with Crippen LogP contribution in [0.25, 0.3) is 11.1 Å². The molecule has 0 aliphatic carbocycles. The van der Waals surface area contributed by atoms with E-state index < -0.39 is 6.16 Å². The third kappa shape index (κ3) is 4.84. The lowest BCUT2D eigenvalue weighted by Gasteiger charge is -2.07. The first-order chi connectivity index (χ1) is 12.7. The molecule has 3 nitrogen and oxygen atoms in total. The number of carbonyl (C=O) groups excluding carboxylic acids is 1. The summed E-state index contributed by atoms with van der Waals surface area (Å²) < 4.78 is 10.4. The van der Waals surface area contributed by atoms with Gasteiger partial charge in [-0.15, -0.1) is 6.58 Å². The van der Waals surface area contributed by atoms with Crippen LogP contribution in [-0.2, 0) is 6.42 Å². The number of carbonyl (C=O) groups is 1. The van der Waals surface area contributed by atoms with Crippen molar-refractivity contribution >= 4 is 6.16 Å². The second-order valence-corrected chi connectivity index (χ2v) is 5.82. The maximum absolute atomic E-state index is 11.9. The van der Waals surface area contributed by atoms with Crippen LogP contribution in [0.4, 0.5) is 4.79 Å². The zero-order valence-electron chi connectivity index (χ0n) is 14.4. The van der Waals surface area contributed by atoms with Crippen LogP contribution < -0.4 is 9.47 Å². The molecule has 0 unspecified atom stereocenters. The molecule has 0 spiro atoms. The van der Waals surface area contributed by atoms with Gasteiger partial charge in [-0.3, -0.25) is 0 Å². The first kappa shape index (κ1) is 17.5. The summed E-state index contributed by atoms with van der Waals surface area (Å²) in [5.41, 5.74) is 3.33. The van der Waals surface area contributed by atoms with Crippen molar-refractivity contribution in [3.8, 4) is 22.6 Å². The largest absolute Gasteiger partial charge is 0.519 e. The van der Waals surface area contributed by atoms with Crippen LogP contribution in [0.3, 0.4) is 0 Å². The molecule has 0 radical (unpaired) electrons. The molecule has 0 heterocycles. The molecule has 0 saturated carbocycles. The molecule has 3 aromatic carbocycles. The van der Waals surface area contributed by atoms with Gasteiger partial charge in [-0.05, 0) is 53.8 Å². The van der Waals surface area contributed by atoms with Crippen molar-refractivity contribution in [3.05, 3.63) is 97.1 Å². The number of hydrogen-bond acceptors (Lipinski definition) is 3. The van der Waals surface area contributed by atoms with Crippen LogP contribution in [0.1, 0.15) is 12.0 Å².